The van der Waals surface area contributed by atoms with Crippen molar-refractivity contribution in [3.8, 4) is 0 Å². The van der Waals surface area contributed by atoms with Crippen LogP contribution in [0.25, 0.3) is 5.73 Å². The van der Waals surface area contributed by atoms with Crippen LogP contribution in [0, 0.1) is 0 Å². The maximum Gasteiger partial charge on any atom is 1.00 e. The van der Waals surface area contributed by atoms with Crippen LogP contribution in [0.3, 0.4) is 0 Å². The first-order valence-electron chi connectivity index (χ1n) is 5.15. The molecule has 90 valence electrons. The topological polar surface area (TPSA) is 79.6 Å². The molecule has 0 aliphatic carbocycles. The molecule has 0 heterocycles. The maximum absolute atomic E-state index is 10.4. The van der Waals surface area contributed by atoms with E-state index in [0.29, 0.717) is 12.8 Å². The molecule has 0 aliphatic rings. The fourth-order valence-electron chi connectivity index (χ4n) is 1.02. The summed E-state index contributed by atoms with van der Waals surface area (Å²) in [6, 6.07) is 0. The third kappa shape index (κ3) is 11.6. The summed E-state index contributed by atoms with van der Waals surface area (Å²) in [4.78, 5) is 10.4. The van der Waals surface area contributed by atoms with Gasteiger partial charge in [-0.3, -0.25) is 0 Å². The van der Waals surface area contributed by atoms with Crippen LogP contribution in [0.1, 0.15) is 33.6 Å². The molecule has 0 aromatic carbocycles. The number of amides is 1. The second-order valence-corrected chi connectivity index (χ2v) is 3.65. The molecule has 1 amide bonds. The zero-order valence-corrected chi connectivity index (χ0v) is 15.4. The fraction of sp³-hybridized carbons (Fsp3) is 0.900. The van der Waals surface area contributed by atoms with Gasteiger partial charge in [0.2, 0.25) is 0 Å². The molecule has 0 aliphatic heterocycles. The molecule has 16 heavy (non-hydrogen) atoms. The molecule has 5 nitrogen and oxygen atoms in total. The number of nitrogens with one attached hydrogen (secondary N) is 1. The minimum atomic E-state index is -0.793. The van der Waals surface area contributed by atoms with E-state index in [4.69, 9.17) is 15.2 Å². The molecule has 2 N–H and O–H groups in total. The number of hydrogen-bond donors (Lipinski definition) is 1. The predicted octanol–water partition coefficient (Wildman–Crippen LogP) is -1.50. The summed E-state index contributed by atoms with van der Waals surface area (Å²) >= 11 is 0. The zero-order chi connectivity index (χ0) is 11.8. The van der Waals surface area contributed by atoms with E-state index < -0.39 is 18.3 Å². The Labute approximate surface area is 146 Å². The van der Waals surface area contributed by atoms with Crippen LogP contribution in [0.15, 0.2) is 0 Å². The van der Waals surface area contributed by atoms with Gasteiger partial charge in [-0.25, -0.2) is 0 Å². The van der Waals surface area contributed by atoms with Crippen molar-refractivity contribution < 1.29 is 77.6 Å². The molecule has 0 saturated heterocycles. The summed E-state index contributed by atoms with van der Waals surface area (Å²) in [7, 11) is 0. The van der Waals surface area contributed by atoms with Gasteiger partial charge in [0.05, 0.1) is 24.7 Å². The van der Waals surface area contributed by atoms with Gasteiger partial charge in [0, 0.05) is 6.42 Å². The maximum atomic E-state index is 10.4. The van der Waals surface area contributed by atoms with E-state index in [9.17, 15) is 9.90 Å². The van der Waals surface area contributed by atoms with Gasteiger partial charge < -0.3 is 25.1 Å². The van der Waals surface area contributed by atoms with Crippen molar-refractivity contribution in [2.24, 2.45) is 0 Å². The summed E-state index contributed by atoms with van der Waals surface area (Å²) in [6.07, 6.45) is -0.235. The Kier molecular flexibility index (Phi) is 13.7. The van der Waals surface area contributed by atoms with Gasteiger partial charge in [0.15, 0.2) is 6.29 Å². The van der Waals surface area contributed by atoms with Crippen LogP contribution >= 0.6 is 0 Å². The first kappa shape index (κ1) is 19.5. The SMILES string of the molecule is CCC(O)CC(OCC([NH-])=O)OC(C)C.[Rb+]. The molecule has 6 heteroatoms. The number of carbonyl (C=O) groups is 1. The number of aliphatic hydroxyl groups excluding tert-OH is 1. The molecule has 2 unspecified atom stereocenters. The van der Waals surface area contributed by atoms with Gasteiger partial charge >= 0.3 is 58.2 Å². The molecule has 0 aromatic rings. The number of ether oxygens (including phenoxy) is 2. The van der Waals surface area contributed by atoms with E-state index in [2.05, 4.69) is 0 Å². The standard InChI is InChI=1S/C10H21NO4.Rb/c1-4-8(12)5-10(15-7(2)3)14-6-9(11)13;/h7-8,10,12H,4-6H2,1-3H3,(H2,11,13);/q;+1/p-1. The first-order valence-corrected chi connectivity index (χ1v) is 5.15. The fourth-order valence-corrected chi connectivity index (χ4v) is 1.02. The van der Waals surface area contributed by atoms with Gasteiger partial charge in [0.1, 0.15) is 0 Å². The molecule has 0 bridgehead atoms. The average Bonchev–Trinajstić information content (AvgIpc) is 2.13. The Morgan fingerprint density at radius 2 is 2.00 bits per heavy atom. The van der Waals surface area contributed by atoms with E-state index in [1.807, 2.05) is 20.8 Å². The second-order valence-electron chi connectivity index (χ2n) is 3.65. The Bertz CT molecular complexity index is 190. The number of hydrogen-bond acceptors (Lipinski definition) is 4. The van der Waals surface area contributed by atoms with E-state index >= 15 is 0 Å². The molecule has 0 rings (SSSR count). The quantitative estimate of drug-likeness (QED) is 0.553. The van der Waals surface area contributed by atoms with Gasteiger partial charge in [0.25, 0.3) is 0 Å². The van der Waals surface area contributed by atoms with Crippen LogP contribution in [0.4, 0.5) is 0 Å². The van der Waals surface area contributed by atoms with Crippen molar-refractivity contribution in [1.29, 1.82) is 0 Å². The van der Waals surface area contributed by atoms with Crippen molar-refractivity contribution >= 4 is 5.91 Å². The predicted molar refractivity (Wildman–Crippen MR) is 56.2 cm³/mol. The van der Waals surface area contributed by atoms with Gasteiger partial charge in [-0.05, 0) is 20.3 Å². The number of carbonyl (C=O) groups excluding carboxylic acids is 1. The van der Waals surface area contributed by atoms with Crippen molar-refractivity contribution in [2.45, 2.75) is 52.1 Å². The second kappa shape index (κ2) is 11.3. The van der Waals surface area contributed by atoms with E-state index in [1.165, 1.54) is 0 Å². The summed E-state index contributed by atoms with van der Waals surface area (Å²) in [6.45, 7) is 5.25. The van der Waals surface area contributed by atoms with Gasteiger partial charge in [-0.2, -0.15) is 0 Å². The van der Waals surface area contributed by atoms with Gasteiger partial charge in [-0.1, -0.05) is 6.92 Å². The summed E-state index contributed by atoms with van der Waals surface area (Å²) in [5, 5.41) is 9.41. The van der Waals surface area contributed by atoms with Gasteiger partial charge in [-0.15, -0.1) is 0 Å². The molecule has 0 aromatic heterocycles. The normalized spacial score (nSPS) is 14.3. The molecule has 0 radical (unpaired) electrons. The molecular weight excluding hydrogens is 284 g/mol. The van der Waals surface area contributed by atoms with Crippen LogP contribution in [0.5, 0.6) is 0 Å². The van der Waals surface area contributed by atoms with Crippen molar-refractivity contribution in [3.05, 3.63) is 5.73 Å². The smallest absolute Gasteiger partial charge is 0.666 e. The minimum Gasteiger partial charge on any atom is -0.666 e. The first-order chi connectivity index (χ1) is 6.95. The summed E-state index contributed by atoms with van der Waals surface area (Å²) in [5.41, 5.74) is 6.70. The Morgan fingerprint density at radius 3 is 2.38 bits per heavy atom. The van der Waals surface area contributed by atoms with E-state index in [1.54, 1.807) is 0 Å². The van der Waals surface area contributed by atoms with Crippen molar-refractivity contribution in [2.75, 3.05) is 6.61 Å². The summed E-state index contributed by atoms with van der Waals surface area (Å²) in [5.74, 6) is -0.793. The van der Waals surface area contributed by atoms with E-state index in [-0.39, 0.29) is 70.9 Å². The van der Waals surface area contributed by atoms with E-state index in [0.717, 1.165) is 0 Å². The van der Waals surface area contributed by atoms with Crippen LogP contribution in [0.2, 0.25) is 0 Å². The molecular formula is C10H20NO4Rb. The van der Waals surface area contributed by atoms with Crippen LogP contribution < -0.4 is 58.2 Å². The monoisotopic (exact) mass is 303 g/mol. The zero-order valence-electron chi connectivity index (χ0n) is 10.5. The number of rotatable bonds is 8. The van der Waals surface area contributed by atoms with Crippen molar-refractivity contribution in [1.82, 2.24) is 0 Å². The molecule has 0 saturated carbocycles. The Hall–Kier alpha value is 1.16. The third-order valence-electron chi connectivity index (χ3n) is 1.76. The summed E-state index contributed by atoms with van der Waals surface area (Å²) < 4.78 is 10.4. The van der Waals surface area contributed by atoms with Crippen LogP contribution in [-0.2, 0) is 14.3 Å². The van der Waals surface area contributed by atoms with Crippen molar-refractivity contribution in [3.63, 3.8) is 0 Å². The molecule has 0 spiro atoms. The molecule has 0 fully saturated rings. The molecule has 2 atom stereocenters. The average molecular weight is 304 g/mol. The Balaban J connectivity index is 0. The van der Waals surface area contributed by atoms with Crippen LogP contribution in [-0.4, -0.2) is 36.1 Å². The Morgan fingerprint density at radius 1 is 1.44 bits per heavy atom. The third-order valence-corrected chi connectivity index (χ3v) is 1.76. The number of aliphatic hydroxyl groups is 1. The minimum absolute atomic E-state index is 0. The largest absolute Gasteiger partial charge is 1.00 e.